The number of ether oxygens (including phenoxy) is 2. The summed E-state index contributed by atoms with van der Waals surface area (Å²) in [6.45, 7) is 5.70. The van der Waals surface area contributed by atoms with Crippen LogP contribution in [0.25, 0.3) is 0 Å². The Balaban J connectivity index is 1.48. The van der Waals surface area contributed by atoms with Gasteiger partial charge in [0.1, 0.15) is 11.9 Å². The van der Waals surface area contributed by atoms with Crippen molar-refractivity contribution in [3.8, 4) is 5.75 Å². The third-order valence-corrected chi connectivity index (χ3v) is 5.27. The van der Waals surface area contributed by atoms with Gasteiger partial charge in [-0.1, -0.05) is 6.07 Å². The average molecular weight is 384 g/mol. The largest absolute Gasteiger partial charge is 0.489 e. The van der Waals surface area contributed by atoms with E-state index in [4.69, 9.17) is 9.47 Å². The maximum Gasteiger partial charge on any atom is 0.133 e. The van der Waals surface area contributed by atoms with E-state index < -0.39 is 5.60 Å². The highest BCUT2D eigenvalue weighted by atomic mass is 79.9. The van der Waals surface area contributed by atoms with Crippen molar-refractivity contribution >= 4 is 15.9 Å². The van der Waals surface area contributed by atoms with E-state index in [1.807, 2.05) is 18.2 Å². The Labute approximate surface area is 146 Å². The molecule has 2 N–H and O–H groups in total. The van der Waals surface area contributed by atoms with E-state index in [1.165, 1.54) is 0 Å². The van der Waals surface area contributed by atoms with Crippen molar-refractivity contribution in [2.45, 2.75) is 63.4 Å². The van der Waals surface area contributed by atoms with Crippen LogP contribution in [-0.2, 0) is 10.3 Å². The highest BCUT2D eigenvalue weighted by molar-refractivity contribution is 9.10. The molecule has 23 heavy (non-hydrogen) atoms. The first-order valence-electron chi connectivity index (χ1n) is 8.47. The zero-order valence-corrected chi connectivity index (χ0v) is 15.4. The van der Waals surface area contributed by atoms with E-state index in [0.29, 0.717) is 12.2 Å². The van der Waals surface area contributed by atoms with Gasteiger partial charge in [-0.2, -0.15) is 0 Å². The maximum atomic E-state index is 10.1. The van der Waals surface area contributed by atoms with Crippen molar-refractivity contribution in [3.63, 3.8) is 0 Å². The van der Waals surface area contributed by atoms with E-state index in [0.717, 1.165) is 54.6 Å². The summed E-state index contributed by atoms with van der Waals surface area (Å²) in [6.07, 6.45) is 5.15. The Hall–Kier alpha value is -0.620. The minimum absolute atomic E-state index is 0.228. The molecule has 1 saturated carbocycles. The molecule has 0 atom stereocenters. The average Bonchev–Trinajstić information content (AvgIpc) is 2.46. The zero-order chi connectivity index (χ0) is 16.4. The van der Waals surface area contributed by atoms with Crippen LogP contribution >= 0.6 is 15.9 Å². The van der Waals surface area contributed by atoms with Gasteiger partial charge in [0.15, 0.2) is 0 Å². The van der Waals surface area contributed by atoms with Crippen molar-refractivity contribution in [3.05, 3.63) is 28.2 Å². The minimum atomic E-state index is -0.842. The van der Waals surface area contributed by atoms with E-state index in [1.54, 1.807) is 13.8 Å². The summed E-state index contributed by atoms with van der Waals surface area (Å²) >= 11 is 3.54. The molecule has 1 saturated heterocycles. The van der Waals surface area contributed by atoms with E-state index in [9.17, 15) is 5.11 Å². The molecule has 0 radical (unpaired) electrons. The highest BCUT2D eigenvalue weighted by Crippen LogP contribution is 2.35. The topological polar surface area (TPSA) is 50.7 Å². The lowest BCUT2D eigenvalue weighted by Gasteiger charge is -2.38. The lowest BCUT2D eigenvalue weighted by Crippen LogP contribution is -2.43. The molecule has 1 aliphatic heterocycles. The number of benzene rings is 1. The van der Waals surface area contributed by atoms with E-state index in [2.05, 4.69) is 21.2 Å². The molecular weight excluding hydrogens is 358 g/mol. The SMILES string of the molecule is CC(C)(O)c1ccc(OC2CC(OC3CCNCC3)C2)c(Br)c1. The first-order valence-corrected chi connectivity index (χ1v) is 9.26. The molecule has 1 aromatic rings. The Morgan fingerprint density at radius 2 is 1.83 bits per heavy atom. The molecule has 0 aromatic heterocycles. The summed E-state index contributed by atoms with van der Waals surface area (Å²) in [7, 11) is 0. The fraction of sp³-hybridized carbons (Fsp3) is 0.667. The predicted molar refractivity (Wildman–Crippen MR) is 93.8 cm³/mol. The molecule has 3 rings (SSSR count). The first kappa shape index (κ1) is 17.2. The smallest absolute Gasteiger partial charge is 0.133 e. The van der Waals surface area contributed by atoms with Crippen LogP contribution in [0.2, 0.25) is 0 Å². The Kier molecular flexibility index (Phi) is 5.31. The lowest BCUT2D eigenvalue weighted by atomic mass is 9.91. The maximum absolute atomic E-state index is 10.1. The quantitative estimate of drug-likeness (QED) is 0.818. The number of halogens is 1. The number of hydrogen-bond acceptors (Lipinski definition) is 4. The van der Waals surface area contributed by atoms with Gasteiger partial charge in [0.25, 0.3) is 0 Å². The monoisotopic (exact) mass is 383 g/mol. The van der Waals surface area contributed by atoms with Crippen LogP contribution in [0, 0.1) is 0 Å². The molecule has 0 bridgehead atoms. The van der Waals surface area contributed by atoms with Crippen LogP contribution in [0.4, 0.5) is 0 Å². The van der Waals surface area contributed by atoms with Gasteiger partial charge in [-0.3, -0.25) is 0 Å². The van der Waals surface area contributed by atoms with Gasteiger partial charge in [-0.05, 0) is 73.4 Å². The fourth-order valence-corrected chi connectivity index (χ4v) is 3.56. The molecule has 1 aliphatic carbocycles. The van der Waals surface area contributed by atoms with Crippen molar-refractivity contribution in [1.82, 2.24) is 5.32 Å². The van der Waals surface area contributed by atoms with Gasteiger partial charge >= 0.3 is 0 Å². The van der Waals surface area contributed by atoms with E-state index >= 15 is 0 Å². The number of piperidine rings is 1. The van der Waals surface area contributed by atoms with Crippen LogP contribution in [0.15, 0.2) is 22.7 Å². The highest BCUT2D eigenvalue weighted by Gasteiger charge is 2.34. The molecule has 5 heteroatoms. The Morgan fingerprint density at radius 3 is 2.43 bits per heavy atom. The van der Waals surface area contributed by atoms with Crippen molar-refractivity contribution in [1.29, 1.82) is 0 Å². The second kappa shape index (κ2) is 7.09. The molecule has 4 nitrogen and oxygen atoms in total. The molecule has 1 aromatic carbocycles. The predicted octanol–water partition coefficient (Wildman–Crippen LogP) is 3.35. The Bertz CT molecular complexity index is 532. The normalized spacial score (nSPS) is 25.9. The van der Waals surface area contributed by atoms with Gasteiger partial charge in [-0.25, -0.2) is 0 Å². The van der Waals surface area contributed by atoms with Gasteiger partial charge in [0, 0.05) is 12.8 Å². The summed E-state index contributed by atoms with van der Waals surface area (Å²) in [5.41, 5.74) is 0.0307. The fourth-order valence-electron chi connectivity index (χ4n) is 3.08. The molecular formula is C18H26BrNO3. The molecule has 0 unspecified atom stereocenters. The van der Waals surface area contributed by atoms with Crippen molar-refractivity contribution in [2.24, 2.45) is 0 Å². The second-order valence-electron chi connectivity index (χ2n) is 7.12. The molecule has 2 fully saturated rings. The lowest BCUT2D eigenvalue weighted by molar-refractivity contribution is -0.103. The van der Waals surface area contributed by atoms with Gasteiger partial charge in [0.05, 0.1) is 22.3 Å². The summed E-state index contributed by atoms with van der Waals surface area (Å²) in [6, 6.07) is 5.77. The molecule has 1 heterocycles. The van der Waals surface area contributed by atoms with Crippen molar-refractivity contribution < 1.29 is 14.6 Å². The van der Waals surface area contributed by atoms with Crippen molar-refractivity contribution in [2.75, 3.05) is 13.1 Å². The minimum Gasteiger partial charge on any atom is -0.489 e. The van der Waals surface area contributed by atoms with Crippen LogP contribution in [0.5, 0.6) is 5.75 Å². The first-order chi connectivity index (χ1) is 10.9. The second-order valence-corrected chi connectivity index (χ2v) is 7.98. The summed E-state index contributed by atoms with van der Waals surface area (Å²) in [4.78, 5) is 0. The zero-order valence-electron chi connectivity index (χ0n) is 13.8. The third-order valence-electron chi connectivity index (χ3n) is 4.65. The summed E-state index contributed by atoms with van der Waals surface area (Å²) in [5, 5.41) is 13.4. The van der Waals surface area contributed by atoms with Crippen LogP contribution in [-0.4, -0.2) is 36.5 Å². The van der Waals surface area contributed by atoms with Gasteiger partial charge in [0.2, 0.25) is 0 Å². The number of rotatable bonds is 5. The molecule has 0 amide bonds. The third kappa shape index (κ3) is 4.47. The summed E-state index contributed by atoms with van der Waals surface area (Å²) < 4.78 is 13.1. The van der Waals surface area contributed by atoms with Gasteiger partial charge < -0.3 is 19.9 Å². The molecule has 0 spiro atoms. The summed E-state index contributed by atoms with van der Waals surface area (Å²) in [5.74, 6) is 0.836. The molecule has 128 valence electrons. The van der Waals surface area contributed by atoms with Crippen LogP contribution < -0.4 is 10.1 Å². The Morgan fingerprint density at radius 1 is 1.13 bits per heavy atom. The number of aliphatic hydroxyl groups is 1. The van der Waals surface area contributed by atoms with Gasteiger partial charge in [-0.15, -0.1) is 0 Å². The molecule has 2 aliphatic rings. The number of hydrogen-bond donors (Lipinski definition) is 2. The van der Waals surface area contributed by atoms with Crippen LogP contribution in [0.1, 0.15) is 45.1 Å². The van der Waals surface area contributed by atoms with E-state index in [-0.39, 0.29) is 6.10 Å². The van der Waals surface area contributed by atoms with Crippen LogP contribution in [0.3, 0.4) is 0 Å². The number of nitrogens with one attached hydrogen (secondary N) is 1. The standard InChI is InChI=1S/C18H26BrNO3/c1-18(2,21)12-3-4-17(16(19)9-12)23-15-10-14(11-15)22-13-5-7-20-8-6-13/h3-4,9,13-15,20-21H,5-8,10-11H2,1-2H3.